The summed E-state index contributed by atoms with van der Waals surface area (Å²) in [5.74, 6) is -18.1. The molecule has 27 heteroatoms. The molecule has 6 fully saturated rings. The van der Waals surface area contributed by atoms with Gasteiger partial charge in [0.15, 0.2) is 11.6 Å². The highest BCUT2D eigenvalue weighted by Gasteiger charge is 2.57. The number of ketones is 6. The Morgan fingerprint density at radius 2 is 0.862 bits per heavy atom. The molecule has 4 N–H and O–H groups in total. The summed E-state index contributed by atoms with van der Waals surface area (Å²) in [6, 6.07) is -2.38. The average Bonchev–Trinajstić information content (AvgIpc) is 0.780. The van der Waals surface area contributed by atoms with Crippen LogP contribution >= 0.6 is 0 Å². The Kier molecular flexibility index (Phi) is 43.5. The van der Waals surface area contributed by atoms with Gasteiger partial charge in [0, 0.05) is 103 Å². The highest BCUT2D eigenvalue weighted by atomic mass is 19.2. The number of hydrogen-bond donors (Lipinski definition) is 4. The fourth-order valence-electron chi connectivity index (χ4n) is 20.3. The van der Waals surface area contributed by atoms with Gasteiger partial charge in [0.25, 0.3) is 35.1 Å². The second kappa shape index (κ2) is 51.3. The topological polar surface area (TPSA) is 341 Å². The van der Waals surface area contributed by atoms with E-state index in [1.54, 1.807) is 81.9 Å². The lowest BCUT2D eigenvalue weighted by molar-refractivity contribution is -0.231. The van der Waals surface area contributed by atoms with E-state index < -0.39 is 167 Å². The second-order valence-corrected chi connectivity index (χ2v) is 40.1. The molecule has 2 amide bonds. The predicted octanol–water partition coefficient (Wildman–Crippen LogP) is 15.3. The number of carbonyl (C=O) groups excluding carboxylic acids is 10. The van der Waals surface area contributed by atoms with Gasteiger partial charge in [-0.15, -0.1) is 0 Å². The molecule has 0 radical (unpaired) electrons. The molecule has 4 bridgehead atoms. The molecule has 0 aromatic heterocycles. The molecule has 6 aliphatic heterocycles. The molecule has 0 aromatic rings. The summed E-state index contributed by atoms with van der Waals surface area (Å²) in [7, 11) is 7.42. The standard InChI is InChI=1S/C52H80FNO11.C51H78FNO12/c1-31-17-13-12-14-18-36(6)51(8,9)30-39-22-20-37(7)52(53,65-39)48(59)49(60)54-24-16-15-19-40(54)50(61)64-43(33(3)27-38-21-23-41(55)44(28-38)62-10)29-42(56)32(2)26-35(5)46(58)47(63-11)45(57)34(4)25-31;1-30-16-12-11-13-17-31(2)42(61-8)28-38-21-19-36(7)51(52,65-38)48(58)49(59)53-23-15-14-18-39(53)50(60)64-43(33(4)26-37-20-22-40(54)44(27-37)62-9)29-41(55)32(3)25-35(6)46(57)47(63-10)45(56)34(5)24-30/h12-14,17-18,26,31-34,37-41,43-44,46-47,55,58H,15-16,19-25,27-30H2,1-11H3;11-13,16-17,25,30,32-34,36-40,42-44,46-47,54,57H,14-15,18-24,26-29H2,1-10H3/b14-12+,17-13+,35-26+,36-18+;13-11+,16-12+,31-17+,35-25+/t31-,32-,33-,34-,37-,38+,39+,40?,41-,43+,44-,46-,47+,52?;30-,32-,33-,34-,36-,37+,38+,39?,40-,42+,43+,44-,46-,47+,51?/m11/s1. The summed E-state index contributed by atoms with van der Waals surface area (Å²) in [6.07, 6.45) is 21.9. The monoisotopic (exact) mass is 1830 g/mol. The van der Waals surface area contributed by atoms with Crippen LogP contribution in [0.25, 0.3) is 0 Å². The van der Waals surface area contributed by atoms with E-state index in [0.29, 0.717) is 127 Å². The molecule has 2 saturated carbocycles. The number of piperidine rings is 2. The van der Waals surface area contributed by atoms with Crippen LogP contribution in [0, 0.1) is 76.4 Å². The molecule has 732 valence electrons. The Labute approximate surface area is 772 Å². The maximum absolute atomic E-state index is 17.1. The summed E-state index contributed by atoms with van der Waals surface area (Å²) in [5, 5.41) is 43.8. The largest absolute Gasteiger partial charge is 0.460 e. The van der Waals surface area contributed by atoms with Gasteiger partial charge < -0.3 is 72.9 Å². The number of hydrogen-bond acceptors (Lipinski definition) is 23. The highest BCUT2D eigenvalue weighted by Crippen LogP contribution is 2.45. The van der Waals surface area contributed by atoms with Crippen molar-refractivity contribution >= 4 is 58.5 Å². The van der Waals surface area contributed by atoms with Crippen LogP contribution in [0.15, 0.2) is 95.2 Å². The molecule has 2 aliphatic carbocycles. The van der Waals surface area contributed by atoms with Crippen molar-refractivity contribution in [1.82, 2.24) is 9.80 Å². The maximum Gasteiger partial charge on any atom is 0.329 e. The van der Waals surface area contributed by atoms with Gasteiger partial charge in [0.1, 0.15) is 60.3 Å². The number of cyclic esters (lactones) is 2. The first kappa shape index (κ1) is 110. The SMILES string of the molecule is CO[C@@H]1C[C@H](C[C@@H](C)[C@@H]2CC(=O)[C@H](C)/C=C(\C)[C@@H](O)[C@@H](OC)C(=O)[C@H](C)C[C@H](C)/C=C/C=C/C=C(\C)C(C)(C)C[C@@H]3CC[C@@H](C)C(F)(O3)C(=O)C(=O)N3CCCCC3C(=O)O2)CC[C@H]1O.CO[C@H]1C[C@@H]2CC[C@@H](C)C(F)(O2)C(=O)C(=O)N2CCCCC2C(=O)O[C@H]([C@H](C)C[C@@H]2CC[C@@H](O)[C@H](OC)C2)CC(=O)[C@H](C)/C=C(\C)[C@@H](O)[C@@H](OC)C(=O)[C@H](C)C[C@H](C)/C=C/C=C/C=C/1C. The summed E-state index contributed by atoms with van der Waals surface area (Å²) < 4.78 is 86.6. The number of amides is 2. The first-order chi connectivity index (χ1) is 61.3. The number of methoxy groups -OCH3 is 5. The summed E-state index contributed by atoms with van der Waals surface area (Å²) in [6.45, 7) is 29.2. The van der Waals surface area contributed by atoms with Gasteiger partial charge in [-0.25, -0.2) is 18.4 Å². The van der Waals surface area contributed by atoms with Gasteiger partial charge in [-0.3, -0.25) is 38.4 Å². The number of halogens is 2. The van der Waals surface area contributed by atoms with Gasteiger partial charge in [0.2, 0.25) is 0 Å². The van der Waals surface area contributed by atoms with Crippen molar-refractivity contribution in [2.75, 3.05) is 48.6 Å². The Bertz CT molecular complexity index is 4050. The Morgan fingerprint density at radius 3 is 1.26 bits per heavy atom. The average molecular weight is 1830 g/mol. The zero-order valence-corrected chi connectivity index (χ0v) is 81.6. The number of aliphatic hydroxyl groups is 4. The molecule has 6 heterocycles. The van der Waals surface area contributed by atoms with Crippen LogP contribution in [-0.2, 0) is 90.6 Å². The van der Waals surface area contributed by atoms with E-state index in [-0.39, 0.29) is 122 Å². The molecular formula is C103H158F2N2O23. The smallest absolute Gasteiger partial charge is 0.329 e. The van der Waals surface area contributed by atoms with E-state index in [2.05, 4.69) is 0 Å². The van der Waals surface area contributed by atoms with Crippen LogP contribution in [0.5, 0.6) is 0 Å². The first-order valence-corrected chi connectivity index (χ1v) is 48.0. The number of carbonyl (C=O) groups is 10. The van der Waals surface area contributed by atoms with Gasteiger partial charge in [0.05, 0.1) is 42.7 Å². The van der Waals surface area contributed by atoms with Crippen LogP contribution in [0.3, 0.4) is 0 Å². The van der Waals surface area contributed by atoms with Crippen LogP contribution in [-0.4, -0.2) is 240 Å². The highest BCUT2D eigenvalue weighted by molar-refractivity contribution is 6.39. The van der Waals surface area contributed by atoms with Crippen molar-refractivity contribution in [3.63, 3.8) is 0 Å². The maximum atomic E-state index is 17.1. The molecule has 4 saturated heterocycles. The van der Waals surface area contributed by atoms with Crippen molar-refractivity contribution in [2.45, 2.75) is 368 Å². The van der Waals surface area contributed by atoms with E-state index in [0.717, 1.165) is 20.9 Å². The van der Waals surface area contributed by atoms with E-state index in [9.17, 15) is 68.4 Å². The summed E-state index contributed by atoms with van der Waals surface area (Å²) in [4.78, 5) is 143. The van der Waals surface area contributed by atoms with E-state index >= 15 is 8.78 Å². The number of aliphatic hydroxyl groups excluding tert-OH is 4. The van der Waals surface area contributed by atoms with E-state index in [1.807, 2.05) is 123 Å². The van der Waals surface area contributed by atoms with Crippen LogP contribution in [0.1, 0.15) is 265 Å². The third-order valence-corrected chi connectivity index (χ3v) is 29.4. The van der Waals surface area contributed by atoms with Crippen LogP contribution in [0.2, 0.25) is 0 Å². The fraction of sp³-hybridized carbons (Fsp3) is 0.748. The number of esters is 2. The zero-order valence-electron chi connectivity index (χ0n) is 81.6. The normalized spacial score (nSPS) is 40.3. The quantitative estimate of drug-likeness (QED) is 0.0848. The number of ether oxygens (including phenoxy) is 9. The van der Waals surface area contributed by atoms with Gasteiger partial charge in [-0.05, 0) is 220 Å². The lowest BCUT2D eigenvalue weighted by Crippen LogP contribution is -2.59. The molecule has 8 aliphatic rings. The Balaban J connectivity index is 0.000000356. The molecule has 8 rings (SSSR count). The first-order valence-electron chi connectivity index (χ1n) is 48.0. The van der Waals surface area contributed by atoms with E-state index in [4.69, 9.17) is 42.6 Å². The van der Waals surface area contributed by atoms with Gasteiger partial charge in [-0.2, -0.15) is 0 Å². The van der Waals surface area contributed by atoms with Crippen molar-refractivity contribution in [1.29, 1.82) is 0 Å². The molecule has 0 spiro atoms. The van der Waals surface area contributed by atoms with Crippen molar-refractivity contribution in [3.8, 4) is 0 Å². The minimum Gasteiger partial charge on any atom is -0.460 e. The molecule has 4 unspecified atom stereocenters. The van der Waals surface area contributed by atoms with E-state index in [1.165, 1.54) is 14.2 Å². The Morgan fingerprint density at radius 1 is 0.462 bits per heavy atom. The second-order valence-electron chi connectivity index (χ2n) is 40.1. The summed E-state index contributed by atoms with van der Waals surface area (Å²) >= 11 is 0. The number of allylic oxidation sites excluding steroid dienone is 13. The van der Waals surface area contributed by atoms with Gasteiger partial charge in [-0.1, -0.05) is 162 Å². The number of alkyl halides is 2. The van der Waals surface area contributed by atoms with Crippen molar-refractivity contribution < 1.29 is 120 Å². The van der Waals surface area contributed by atoms with Crippen molar-refractivity contribution in [2.24, 2.45) is 76.4 Å². The number of Topliss-reactive ketones (excluding diaryl/α,β-unsaturated/α-hetero) is 6. The predicted molar refractivity (Wildman–Crippen MR) is 491 cm³/mol. The lowest BCUT2D eigenvalue weighted by atomic mass is 9.77. The minimum atomic E-state index is -2.93. The molecule has 0 aromatic carbocycles. The summed E-state index contributed by atoms with van der Waals surface area (Å²) in [5.41, 5.74) is 2.16. The molecule has 25 nitrogen and oxygen atoms in total. The lowest BCUT2D eigenvalue weighted by Gasteiger charge is -2.42. The number of fused-ring (bicyclic) bond motifs is 6. The molecule has 130 heavy (non-hydrogen) atoms. The van der Waals surface area contributed by atoms with Gasteiger partial charge >= 0.3 is 11.9 Å². The zero-order chi connectivity index (χ0) is 96.6. The van der Waals surface area contributed by atoms with Crippen LogP contribution < -0.4 is 0 Å². The third kappa shape index (κ3) is 29.9. The molecular weight excluding hydrogens is 1670 g/mol. The fourth-order valence-corrected chi connectivity index (χ4v) is 20.3. The van der Waals surface area contributed by atoms with Crippen molar-refractivity contribution in [3.05, 3.63) is 95.2 Å². The minimum absolute atomic E-state index is 0.00748. The number of rotatable bonds is 11. The number of nitrogens with zero attached hydrogens (tertiary/aromatic N) is 2. The van der Waals surface area contributed by atoms with Crippen LogP contribution in [0.4, 0.5) is 8.78 Å². The Hall–Kier alpha value is -6.76. The third-order valence-electron chi connectivity index (χ3n) is 29.4. The molecule has 29 atom stereocenters.